The standard InChI is InChI=1S/C33H29FN4O2/c34-29-16-8-7-14-27(29)23-38-31-26(15-9-17-35-31)22-28(33(38)40)32(39)37-20-18-36(19-21-37)30(24-10-3-1-4-11-24)25-12-5-2-6-13-25/h1-17,22,30H,18-21,23H2. The summed E-state index contributed by atoms with van der Waals surface area (Å²) in [5, 5.41) is 0.661. The number of hydrogen-bond donors (Lipinski definition) is 0. The van der Waals surface area contributed by atoms with Crippen molar-refractivity contribution < 1.29 is 9.18 Å². The molecule has 0 radical (unpaired) electrons. The second-order valence-corrected chi connectivity index (χ2v) is 10.0. The fourth-order valence-corrected chi connectivity index (χ4v) is 5.54. The molecule has 2 aromatic heterocycles. The number of carbonyl (C=O) groups excluding carboxylic acids is 1. The van der Waals surface area contributed by atoms with E-state index in [9.17, 15) is 14.0 Å². The SMILES string of the molecule is O=C(c1cc2cccnc2n(Cc2ccccc2F)c1=O)N1CCN(C(c2ccccc2)c2ccccc2)CC1. The van der Waals surface area contributed by atoms with Crippen molar-refractivity contribution in [3.63, 3.8) is 0 Å². The van der Waals surface area contributed by atoms with Crippen LogP contribution in [-0.4, -0.2) is 51.4 Å². The molecule has 1 aliphatic heterocycles. The first-order valence-electron chi connectivity index (χ1n) is 13.5. The van der Waals surface area contributed by atoms with E-state index in [4.69, 9.17) is 0 Å². The van der Waals surface area contributed by atoms with Crippen LogP contribution in [0.5, 0.6) is 0 Å². The topological polar surface area (TPSA) is 58.4 Å². The van der Waals surface area contributed by atoms with E-state index in [0.29, 0.717) is 42.8 Å². The Morgan fingerprint density at radius 3 is 2.08 bits per heavy atom. The van der Waals surface area contributed by atoms with Crippen molar-refractivity contribution in [3.05, 3.63) is 148 Å². The Morgan fingerprint density at radius 2 is 1.43 bits per heavy atom. The van der Waals surface area contributed by atoms with Gasteiger partial charge in [-0.3, -0.25) is 19.1 Å². The third-order valence-corrected chi connectivity index (χ3v) is 7.56. The minimum Gasteiger partial charge on any atom is -0.336 e. The average Bonchev–Trinajstić information content (AvgIpc) is 3.00. The Hall–Kier alpha value is -4.62. The number of fused-ring (bicyclic) bond motifs is 1. The highest BCUT2D eigenvalue weighted by molar-refractivity contribution is 5.97. The van der Waals surface area contributed by atoms with Crippen LogP contribution < -0.4 is 5.56 Å². The molecule has 1 fully saturated rings. The predicted octanol–water partition coefficient (Wildman–Crippen LogP) is 5.13. The van der Waals surface area contributed by atoms with Gasteiger partial charge in [-0.05, 0) is 35.4 Å². The van der Waals surface area contributed by atoms with Crippen LogP contribution in [0.2, 0.25) is 0 Å². The molecule has 0 saturated carbocycles. The number of benzene rings is 3. The molecule has 6 rings (SSSR count). The number of hydrogen-bond acceptors (Lipinski definition) is 4. The lowest BCUT2D eigenvalue weighted by Crippen LogP contribution is -2.50. The summed E-state index contributed by atoms with van der Waals surface area (Å²) in [6, 6.07) is 32.4. The summed E-state index contributed by atoms with van der Waals surface area (Å²) in [5.74, 6) is -0.716. The van der Waals surface area contributed by atoms with Crippen LogP contribution in [0, 0.1) is 5.82 Å². The third kappa shape index (κ3) is 5.03. The van der Waals surface area contributed by atoms with Crippen molar-refractivity contribution in [3.8, 4) is 0 Å². The molecule has 0 N–H and O–H groups in total. The Bertz CT molecular complexity index is 1660. The first-order chi connectivity index (χ1) is 19.6. The van der Waals surface area contributed by atoms with Crippen LogP contribution in [0.1, 0.15) is 33.1 Å². The summed E-state index contributed by atoms with van der Waals surface area (Å²) < 4.78 is 15.9. The molecule has 0 atom stereocenters. The normalized spacial score (nSPS) is 14.1. The van der Waals surface area contributed by atoms with Crippen LogP contribution in [0.4, 0.5) is 4.39 Å². The van der Waals surface area contributed by atoms with Gasteiger partial charge in [0.05, 0.1) is 12.6 Å². The molecule has 3 aromatic carbocycles. The molecule has 40 heavy (non-hydrogen) atoms. The molecule has 200 valence electrons. The number of piperazine rings is 1. The summed E-state index contributed by atoms with van der Waals surface area (Å²) >= 11 is 0. The molecule has 0 spiro atoms. The molecule has 1 aliphatic rings. The van der Waals surface area contributed by atoms with E-state index in [1.807, 2.05) is 42.5 Å². The molecular formula is C33H29FN4O2. The molecule has 0 unspecified atom stereocenters. The summed E-state index contributed by atoms with van der Waals surface area (Å²) in [6.45, 7) is 2.31. The second-order valence-electron chi connectivity index (χ2n) is 10.0. The van der Waals surface area contributed by atoms with Gasteiger partial charge < -0.3 is 4.90 Å². The largest absolute Gasteiger partial charge is 0.336 e. The van der Waals surface area contributed by atoms with Crippen LogP contribution in [0.15, 0.2) is 114 Å². The van der Waals surface area contributed by atoms with E-state index in [2.05, 4.69) is 34.1 Å². The number of halogens is 1. The van der Waals surface area contributed by atoms with Crippen LogP contribution in [-0.2, 0) is 6.54 Å². The molecule has 0 bridgehead atoms. The summed E-state index contributed by atoms with van der Waals surface area (Å²) in [5.41, 5.74) is 2.80. The molecule has 3 heterocycles. The van der Waals surface area contributed by atoms with Gasteiger partial charge in [0.25, 0.3) is 11.5 Å². The Kier molecular flexibility index (Phi) is 7.21. The van der Waals surface area contributed by atoms with Gasteiger partial charge in [-0.15, -0.1) is 0 Å². The lowest BCUT2D eigenvalue weighted by molar-refractivity contribution is 0.0595. The van der Waals surface area contributed by atoms with Crippen LogP contribution in [0.25, 0.3) is 11.0 Å². The average molecular weight is 533 g/mol. The zero-order chi connectivity index (χ0) is 27.5. The third-order valence-electron chi connectivity index (χ3n) is 7.56. The van der Waals surface area contributed by atoms with Gasteiger partial charge in [-0.2, -0.15) is 0 Å². The lowest BCUT2D eigenvalue weighted by atomic mass is 9.96. The predicted molar refractivity (Wildman–Crippen MR) is 154 cm³/mol. The number of nitrogens with zero attached hydrogens (tertiary/aromatic N) is 4. The highest BCUT2D eigenvalue weighted by Crippen LogP contribution is 2.29. The van der Waals surface area contributed by atoms with Crippen molar-refractivity contribution in [1.82, 2.24) is 19.4 Å². The minimum atomic E-state index is -0.465. The first kappa shape index (κ1) is 25.6. The van der Waals surface area contributed by atoms with Gasteiger partial charge in [0, 0.05) is 43.3 Å². The van der Waals surface area contributed by atoms with Gasteiger partial charge >= 0.3 is 0 Å². The zero-order valence-corrected chi connectivity index (χ0v) is 22.0. The van der Waals surface area contributed by atoms with Gasteiger partial charge in [0.1, 0.15) is 17.0 Å². The number of pyridine rings is 2. The number of amides is 1. The summed E-state index contributed by atoms with van der Waals surface area (Å²) in [6.07, 6.45) is 1.59. The van der Waals surface area contributed by atoms with E-state index < -0.39 is 11.4 Å². The highest BCUT2D eigenvalue weighted by atomic mass is 19.1. The molecule has 7 heteroatoms. The molecule has 6 nitrogen and oxygen atoms in total. The fourth-order valence-electron chi connectivity index (χ4n) is 5.54. The molecular weight excluding hydrogens is 503 g/mol. The quantitative estimate of drug-likeness (QED) is 0.304. The summed E-state index contributed by atoms with van der Waals surface area (Å²) in [7, 11) is 0. The fraction of sp³-hybridized carbons (Fsp3) is 0.182. The Morgan fingerprint density at radius 1 is 0.800 bits per heavy atom. The maximum Gasteiger partial charge on any atom is 0.265 e. The Labute approximate surface area is 231 Å². The monoisotopic (exact) mass is 532 g/mol. The lowest BCUT2D eigenvalue weighted by Gasteiger charge is -2.39. The first-order valence-corrected chi connectivity index (χ1v) is 13.5. The van der Waals surface area contributed by atoms with Crippen molar-refractivity contribution >= 4 is 16.9 Å². The van der Waals surface area contributed by atoms with Gasteiger partial charge in [0.2, 0.25) is 0 Å². The number of aromatic nitrogens is 2. The maximum atomic E-state index is 14.5. The van der Waals surface area contributed by atoms with E-state index >= 15 is 0 Å². The van der Waals surface area contributed by atoms with Crippen molar-refractivity contribution in [2.24, 2.45) is 0 Å². The van der Waals surface area contributed by atoms with Gasteiger partial charge in [-0.1, -0.05) is 78.9 Å². The zero-order valence-electron chi connectivity index (χ0n) is 22.0. The van der Waals surface area contributed by atoms with E-state index in [1.54, 1.807) is 41.4 Å². The van der Waals surface area contributed by atoms with Crippen LogP contribution >= 0.6 is 0 Å². The van der Waals surface area contributed by atoms with E-state index in [0.717, 1.165) is 0 Å². The van der Waals surface area contributed by atoms with E-state index in [1.165, 1.54) is 21.8 Å². The molecule has 0 aliphatic carbocycles. The van der Waals surface area contributed by atoms with Gasteiger partial charge in [-0.25, -0.2) is 9.37 Å². The molecule has 5 aromatic rings. The minimum absolute atomic E-state index is 0.0102. The van der Waals surface area contributed by atoms with Crippen molar-refractivity contribution in [2.45, 2.75) is 12.6 Å². The highest BCUT2D eigenvalue weighted by Gasteiger charge is 2.30. The Balaban J connectivity index is 1.28. The van der Waals surface area contributed by atoms with Crippen LogP contribution in [0.3, 0.4) is 0 Å². The molecule has 1 saturated heterocycles. The number of carbonyl (C=O) groups is 1. The number of rotatable bonds is 6. The van der Waals surface area contributed by atoms with E-state index in [-0.39, 0.29) is 24.1 Å². The second kappa shape index (κ2) is 11.2. The summed E-state index contributed by atoms with van der Waals surface area (Å²) in [4.78, 5) is 35.9. The molecule has 1 amide bonds. The van der Waals surface area contributed by atoms with Crippen molar-refractivity contribution in [2.75, 3.05) is 26.2 Å². The maximum absolute atomic E-state index is 14.5. The smallest absolute Gasteiger partial charge is 0.265 e. The van der Waals surface area contributed by atoms with Gasteiger partial charge in [0.15, 0.2) is 0 Å². The van der Waals surface area contributed by atoms with Crippen molar-refractivity contribution in [1.29, 1.82) is 0 Å².